The topological polar surface area (TPSA) is 52.6 Å². The Morgan fingerprint density at radius 1 is 1.21 bits per heavy atom. The van der Waals surface area contributed by atoms with Crippen molar-refractivity contribution in [2.45, 2.75) is 33.1 Å². The minimum Gasteiger partial charge on any atom is -0.496 e. The van der Waals surface area contributed by atoms with E-state index in [1.807, 2.05) is 6.07 Å². The van der Waals surface area contributed by atoms with Gasteiger partial charge in [-0.25, -0.2) is 4.79 Å². The fraction of sp³-hybridized carbons (Fsp3) is 0.467. The van der Waals surface area contributed by atoms with E-state index in [0.717, 1.165) is 5.56 Å². The number of ether oxygens (including phenoxy) is 2. The average Bonchev–Trinajstić information content (AvgIpc) is 2.36. The van der Waals surface area contributed by atoms with Crippen molar-refractivity contribution in [3.05, 3.63) is 29.3 Å². The molecule has 0 saturated carbocycles. The molecule has 0 saturated heterocycles. The van der Waals surface area contributed by atoms with Crippen molar-refractivity contribution in [1.82, 2.24) is 0 Å². The predicted molar refractivity (Wildman–Crippen MR) is 72.7 cm³/mol. The van der Waals surface area contributed by atoms with Crippen molar-refractivity contribution in [2.24, 2.45) is 0 Å². The molecular formula is C15H20O4. The summed E-state index contributed by atoms with van der Waals surface area (Å²) in [6.45, 7) is 8.02. The maximum Gasteiger partial charge on any atom is 0.379 e. The van der Waals surface area contributed by atoms with Gasteiger partial charge in [0.1, 0.15) is 5.75 Å². The normalized spacial score (nSPS) is 11.0. The summed E-state index contributed by atoms with van der Waals surface area (Å²) in [5.74, 6) is -1.14. The number of Topliss-reactive ketones (excluding diaryl/α,β-unsaturated/α-hetero) is 1. The first-order valence-electron chi connectivity index (χ1n) is 6.21. The Morgan fingerprint density at radius 2 is 1.84 bits per heavy atom. The number of benzene rings is 1. The molecule has 0 bridgehead atoms. The summed E-state index contributed by atoms with van der Waals surface area (Å²) in [5.41, 5.74) is 1.21. The molecule has 0 spiro atoms. The van der Waals surface area contributed by atoms with E-state index in [-0.39, 0.29) is 17.6 Å². The highest BCUT2D eigenvalue weighted by Gasteiger charge is 2.23. The third-order valence-corrected chi connectivity index (χ3v) is 2.77. The molecule has 0 aliphatic carbocycles. The molecule has 1 rings (SSSR count). The first-order chi connectivity index (χ1) is 8.81. The van der Waals surface area contributed by atoms with Gasteiger partial charge >= 0.3 is 5.97 Å². The van der Waals surface area contributed by atoms with Crippen LogP contribution in [0.25, 0.3) is 0 Å². The second-order valence-corrected chi connectivity index (χ2v) is 5.21. The highest BCUT2D eigenvalue weighted by atomic mass is 16.5. The summed E-state index contributed by atoms with van der Waals surface area (Å²) in [7, 11) is 1.48. The number of ketones is 1. The summed E-state index contributed by atoms with van der Waals surface area (Å²) in [4.78, 5) is 23.4. The Kier molecular flexibility index (Phi) is 4.70. The van der Waals surface area contributed by atoms with E-state index >= 15 is 0 Å². The first-order valence-corrected chi connectivity index (χ1v) is 6.21. The van der Waals surface area contributed by atoms with Crippen LogP contribution in [-0.4, -0.2) is 25.5 Å². The number of methoxy groups -OCH3 is 1. The molecule has 19 heavy (non-hydrogen) atoms. The first kappa shape index (κ1) is 15.2. The molecule has 104 valence electrons. The highest BCUT2D eigenvalue weighted by molar-refractivity contribution is 6.41. The smallest absolute Gasteiger partial charge is 0.379 e. The van der Waals surface area contributed by atoms with Gasteiger partial charge in [-0.15, -0.1) is 0 Å². The molecule has 0 N–H and O–H groups in total. The maximum absolute atomic E-state index is 11.9. The van der Waals surface area contributed by atoms with Crippen molar-refractivity contribution in [2.75, 3.05) is 13.7 Å². The monoisotopic (exact) mass is 264 g/mol. The van der Waals surface area contributed by atoms with Gasteiger partial charge in [0.15, 0.2) is 0 Å². The Morgan fingerprint density at radius 3 is 2.32 bits per heavy atom. The van der Waals surface area contributed by atoms with Gasteiger partial charge in [-0.3, -0.25) is 4.79 Å². The van der Waals surface area contributed by atoms with Crippen LogP contribution in [-0.2, 0) is 14.9 Å². The highest BCUT2D eigenvalue weighted by Crippen LogP contribution is 2.28. The van der Waals surface area contributed by atoms with Crippen molar-refractivity contribution >= 4 is 11.8 Å². The Hall–Kier alpha value is -1.84. The van der Waals surface area contributed by atoms with Gasteiger partial charge in [-0.05, 0) is 30.0 Å². The van der Waals surface area contributed by atoms with E-state index in [0.29, 0.717) is 5.75 Å². The molecule has 0 atom stereocenters. The summed E-state index contributed by atoms with van der Waals surface area (Å²) in [6, 6.07) is 5.22. The lowest BCUT2D eigenvalue weighted by Crippen LogP contribution is -2.19. The van der Waals surface area contributed by atoms with Crippen molar-refractivity contribution < 1.29 is 19.1 Å². The molecule has 1 aromatic carbocycles. The fourth-order valence-electron chi connectivity index (χ4n) is 1.65. The number of esters is 1. The van der Waals surface area contributed by atoms with Crippen LogP contribution in [0.3, 0.4) is 0 Å². The fourth-order valence-corrected chi connectivity index (χ4v) is 1.65. The van der Waals surface area contributed by atoms with E-state index in [4.69, 9.17) is 9.47 Å². The largest absolute Gasteiger partial charge is 0.496 e. The van der Waals surface area contributed by atoms with E-state index in [1.54, 1.807) is 19.1 Å². The average molecular weight is 264 g/mol. The molecule has 1 aromatic rings. The molecule has 4 nitrogen and oxygen atoms in total. The van der Waals surface area contributed by atoms with E-state index in [1.165, 1.54) is 7.11 Å². The van der Waals surface area contributed by atoms with Crippen LogP contribution in [0.4, 0.5) is 0 Å². The lowest BCUT2D eigenvalue weighted by Gasteiger charge is -2.20. The van der Waals surface area contributed by atoms with Gasteiger partial charge in [0.2, 0.25) is 0 Å². The van der Waals surface area contributed by atoms with Crippen LogP contribution in [0, 0.1) is 0 Å². The zero-order chi connectivity index (χ0) is 14.6. The van der Waals surface area contributed by atoms with Crippen LogP contribution in [0.5, 0.6) is 5.75 Å². The quantitative estimate of drug-likeness (QED) is 0.476. The van der Waals surface area contributed by atoms with Crippen LogP contribution in [0.15, 0.2) is 18.2 Å². The molecule has 0 unspecified atom stereocenters. The van der Waals surface area contributed by atoms with Crippen LogP contribution < -0.4 is 4.74 Å². The van der Waals surface area contributed by atoms with E-state index < -0.39 is 11.8 Å². The zero-order valence-electron chi connectivity index (χ0n) is 12.1. The Balaban J connectivity index is 3.16. The van der Waals surface area contributed by atoms with Gasteiger partial charge < -0.3 is 9.47 Å². The molecule has 0 radical (unpaired) electrons. The lowest BCUT2D eigenvalue weighted by molar-refractivity contribution is -0.137. The number of carbonyl (C=O) groups excluding carboxylic acids is 2. The van der Waals surface area contributed by atoms with Gasteiger partial charge in [0, 0.05) is 0 Å². The minimum atomic E-state index is -0.857. The second kappa shape index (κ2) is 5.87. The summed E-state index contributed by atoms with van der Waals surface area (Å²) >= 11 is 0. The number of carbonyl (C=O) groups is 2. The van der Waals surface area contributed by atoms with Gasteiger partial charge in [0.05, 0.1) is 19.3 Å². The van der Waals surface area contributed by atoms with Gasteiger partial charge in [-0.2, -0.15) is 0 Å². The molecule has 4 heteroatoms. The van der Waals surface area contributed by atoms with Crippen LogP contribution in [0.2, 0.25) is 0 Å². The van der Waals surface area contributed by atoms with Gasteiger partial charge in [-0.1, -0.05) is 26.8 Å². The van der Waals surface area contributed by atoms with Crippen molar-refractivity contribution in [3.8, 4) is 5.75 Å². The zero-order valence-corrected chi connectivity index (χ0v) is 12.1. The summed E-state index contributed by atoms with van der Waals surface area (Å²) in [6.07, 6.45) is 0. The predicted octanol–water partition coefficient (Wildman–Crippen LogP) is 2.74. The Labute approximate surface area is 113 Å². The molecule has 0 aliphatic rings. The summed E-state index contributed by atoms with van der Waals surface area (Å²) < 4.78 is 9.91. The molecule has 0 aliphatic heterocycles. The van der Waals surface area contributed by atoms with Crippen LogP contribution in [0.1, 0.15) is 43.6 Å². The molecule has 0 heterocycles. The molecule has 0 fully saturated rings. The van der Waals surface area contributed by atoms with Crippen LogP contribution >= 0.6 is 0 Å². The van der Waals surface area contributed by atoms with E-state index in [2.05, 4.69) is 20.8 Å². The van der Waals surface area contributed by atoms with Crippen molar-refractivity contribution in [3.63, 3.8) is 0 Å². The number of rotatable bonds is 4. The van der Waals surface area contributed by atoms with Crippen molar-refractivity contribution in [1.29, 1.82) is 0 Å². The standard InChI is InChI=1S/C15H20O4/c1-6-19-14(17)13(16)11-8-7-10(15(2,3)4)9-12(11)18-5/h7-9H,6H2,1-5H3. The summed E-state index contributed by atoms with van der Waals surface area (Å²) in [5, 5.41) is 0. The number of hydrogen-bond donors (Lipinski definition) is 0. The lowest BCUT2D eigenvalue weighted by atomic mass is 9.86. The maximum atomic E-state index is 11.9. The minimum absolute atomic E-state index is 0.0568. The molecular weight excluding hydrogens is 244 g/mol. The number of hydrogen-bond acceptors (Lipinski definition) is 4. The molecule has 0 aromatic heterocycles. The Bertz CT molecular complexity index is 483. The third kappa shape index (κ3) is 3.56. The SMILES string of the molecule is CCOC(=O)C(=O)c1ccc(C(C)(C)C)cc1OC. The molecule has 0 amide bonds. The van der Waals surface area contributed by atoms with Gasteiger partial charge in [0.25, 0.3) is 5.78 Å². The van der Waals surface area contributed by atoms with E-state index in [9.17, 15) is 9.59 Å². The second-order valence-electron chi connectivity index (χ2n) is 5.21. The third-order valence-electron chi connectivity index (χ3n) is 2.77.